The Morgan fingerprint density at radius 2 is 1.57 bits per heavy atom. The van der Waals surface area contributed by atoms with Crippen molar-refractivity contribution in [1.29, 1.82) is 0 Å². The summed E-state index contributed by atoms with van der Waals surface area (Å²) < 4.78 is 0. The average Bonchev–Trinajstić information content (AvgIpc) is 2.51. The fourth-order valence-corrected chi connectivity index (χ4v) is 2.66. The van der Waals surface area contributed by atoms with Crippen molar-refractivity contribution in [3.8, 4) is 0 Å². The molecule has 0 aliphatic rings. The summed E-state index contributed by atoms with van der Waals surface area (Å²) in [6, 6.07) is 14.7. The van der Waals surface area contributed by atoms with Crippen molar-refractivity contribution in [3.63, 3.8) is 0 Å². The SMILES string of the molecule is CCCNC(c1ccc(CC)cc1)c1ccc(Cl)c(Cl)c1. The first kappa shape index (κ1) is 16.4. The minimum absolute atomic E-state index is 0.144. The molecule has 0 fully saturated rings. The quantitative estimate of drug-likeness (QED) is 0.725. The molecule has 1 unspecified atom stereocenters. The highest BCUT2D eigenvalue weighted by molar-refractivity contribution is 6.42. The van der Waals surface area contributed by atoms with Crippen LogP contribution in [0.1, 0.15) is 43.0 Å². The zero-order valence-electron chi connectivity index (χ0n) is 12.5. The fourth-order valence-electron chi connectivity index (χ4n) is 2.35. The smallest absolute Gasteiger partial charge is 0.0595 e. The molecule has 21 heavy (non-hydrogen) atoms. The topological polar surface area (TPSA) is 12.0 Å². The van der Waals surface area contributed by atoms with E-state index in [1.807, 2.05) is 18.2 Å². The number of halogens is 2. The second kappa shape index (κ2) is 7.84. The van der Waals surface area contributed by atoms with Gasteiger partial charge in [0, 0.05) is 0 Å². The first-order valence-electron chi connectivity index (χ1n) is 7.42. The second-order valence-corrected chi connectivity index (χ2v) is 5.97. The first-order chi connectivity index (χ1) is 10.2. The van der Waals surface area contributed by atoms with Crippen molar-refractivity contribution in [2.75, 3.05) is 6.54 Å². The van der Waals surface area contributed by atoms with E-state index in [2.05, 4.69) is 43.4 Å². The van der Waals surface area contributed by atoms with Gasteiger partial charge in [0.1, 0.15) is 0 Å². The van der Waals surface area contributed by atoms with Crippen LogP contribution < -0.4 is 5.32 Å². The number of aryl methyl sites for hydroxylation is 1. The molecule has 0 radical (unpaired) electrons. The molecule has 1 N–H and O–H groups in total. The molecule has 0 amide bonds. The fraction of sp³-hybridized carbons (Fsp3) is 0.333. The van der Waals surface area contributed by atoms with Gasteiger partial charge < -0.3 is 5.32 Å². The molecule has 112 valence electrons. The van der Waals surface area contributed by atoms with E-state index in [1.165, 1.54) is 11.1 Å². The highest BCUT2D eigenvalue weighted by Gasteiger charge is 2.14. The van der Waals surface area contributed by atoms with Gasteiger partial charge in [0.2, 0.25) is 0 Å². The van der Waals surface area contributed by atoms with Gasteiger partial charge in [-0.05, 0) is 48.2 Å². The molecule has 0 saturated heterocycles. The van der Waals surface area contributed by atoms with Crippen molar-refractivity contribution >= 4 is 23.2 Å². The number of hydrogen-bond donors (Lipinski definition) is 1. The Morgan fingerprint density at radius 3 is 2.14 bits per heavy atom. The first-order valence-corrected chi connectivity index (χ1v) is 8.18. The molecule has 0 aliphatic carbocycles. The van der Waals surface area contributed by atoms with E-state index >= 15 is 0 Å². The molecule has 0 saturated carbocycles. The average molecular weight is 322 g/mol. The van der Waals surface area contributed by atoms with Crippen LogP contribution in [0, 0.1) is 0 Å². The van der Waals surface area contributed by atoms with E-state index in [9.17, 15) is 0 Å². The normalized spacial score (nSPS) is 12.4. The van der Waals surface area contributed by atoms with E-state index in [4.69, 9.17) is 23.2 Å². The van der Waals surface area contributed by atoms with Crippen molar-refractivity contribution in [2.45, 2.75) is 32.7 Å². The number of nitrogens with one attached hydrogen (secondary N) is 1. The predicted molar refractivity (Wildman–Crippen MR) is 92.4 cm³/mol. The molecule has 3 heteroatoms. The Labute approximate surface area is 137 Å². The highest BCUT2D eigenvalue weighted by Crippen LogP contribution is 2.29. The van der Waals surface area contributed by atoms with E-state index in [0.29, 0.717) is 10.0 Å². The maximum atomic E-state index is 6.17. The predicted octanol–water partition coefficient (Wildman–Crippen LogP) is 5.64. The Kier molecular flexibility index (Phi) is 6.10. The van der Waals surface area contributed by atoms with Crippen molar-refractivity contribution in [1.82, 2.24) is 5.32 Å². The number of hydrogen-bond acceptors (Lipinski definition) is 1. The van der Waals surface area contributed by atoms with Crippen molar-refractivity contribution < 1.29 is 0 Å². The van der Waals surface area contributed by atoms with Crippen LogP contribution in [-0.4, -0.2) is 6.54 Å². The molecule has 2 aromatic carbocycles. The zero-order valence-corrected chi connectivity index (χ0v) is 14.0. The molecular formula is C18H21Cl2N. The Hall–Kier alpha value is -1.02. The van der Waals surface area contributed by atoms with Crippen molar-refractivity contribution in [2.24, 2.45) is 0 Å². The molecule has 0 heterocycles. The van der Waals surface area contributed by atoms with Gasteiger partial charge in [-0.25, -0.2) is 0 Å². The molecule has 1 nitrogen and oxygen atoms in total. The van der Waals surface area contributed by atoms with Crippen LogP contribution in [0.2, 0.25) is 10.0 Å². The Balaban J connectivity index is 2.33. The van der Waals surface area contributed by atoms with E-state index in [-0.39, 0.29) is 6.04 Å². The number of benzene rings is 2. The second-order valence-electron chi connectivity index (χ2n) is 5.16. The van der Waals surface area contributed by atoms with Crippen LogP contribution in [0.5, 0.6) is 0 Å². The molecule has 2 aromatic rings. The standard InChI is InChI=1S/C18H21Cl2N/c1-3-11-21-18(14-7-5-13(4-2)6-8-14)15-9-10-16(19)17(20)12-15/h5-10,12,18,21H,3-4,11H2,1-2H3. The van der Waals surface area contributed by atoms with Crippen LogP contribution >= 0.6 is 23.2 Å². The molecular weight excluding hydrogens is 301 g/mol. The summed E-state index contributed by atoms with van der Waals surface area (Å²) in [6.07, 6.45) is 2.14. The molecule has 2 rings (SSSR count). The maximum Gasteiger partial charge on any atom is 0.0595 e. The zero-order chi connectivity index (χ0) is 15.2. The third kappa shape index (κ3) is 4.23. The van der Waals surface area contributed by atoms with Gasteiger partial charge >= 0.3 is 0 Å². The summed E-state index contributed by atoms with van der Waals surface area (Å²) in [6.45, 7) is 5.29. The Morgan fingerprint density at radius 1 is 0.905 bits per heavy atom. The Bertz CT molecular complexity index is 578. The lowest BCUT2D eigenvalue weighted by atomic mass is 9.97. The van der Waals surface area contributed by atoms with Crippen LogP contribution in [0.25, 0.3) is 0 Å². The molecule has 1 atom stereocenters. The third-order valence-corrected chi connectivity index (χ3v) is 4.34. The summed E-state index contributed by atoms with van der Waals surface area (Å²) in [4.78, 5) is 0. The lowest BCUT2D eigenvalue weighted by molar-refractivity contribution is 0.598. The molecule has 0 spiro atoms. The summed E-state index contributed by atoms with van der Waals surface area (Å²) in [5.74, 6) is 0. The minimum atomic E-state index is 0.144. The molecule has 0 aliphatic heterocycles. The van der Waals surface area contributed by atoms with Gasteiger partial charge in [-0.3, -0.25) is 0 Å². The van der Waals surface area contributed by atoms with E-state index in [0.717, 1.165) is 24.9 Å². The maximum absolute atomic E-state index is 6.17. The van der Waals surface area contributed by atoms with Gasteiger partial charge in [-0.15, -0.1) is 0 Å². The van der Waals surface area contributed by atoms with Gasteiger partial charge in [0.25, 0.3) is 0 Å². The van der Waals surface area contributed by atoms with Crippen molar-refractivity contribution in [3.05, 3.63) is 69.2 Å². The largest absolute Gasteiger partial charge is 0.306 e. The molecule has 0 aromatic heterocycles. The van der Waals surface area contributed by atoms with Crippen LogP contribution in [0.15, 0.2) is 42.5 Å². The highest BCUT2D eigenvalue weighted by atomic mass is 35.5. The molecule has 0 bridgehead atoms. The van der Waals surface area contributed by atoms with Gasteiger partial charge in [-0.2, -0.15) is 0 Å². The van der Waals surface area contributed by atoms with Gasteiger partial charge in [0.15, 0.2) is 0 Å². The summed E-state index contributed by atoms with van der Waals surface area (Å²) in [5, 5.41) is 4.78. The monoisotopic (exact) mass is 321 g/mol. The minimum Gasteiger partial charge on any atom is -0.306 e. The summed E-state index contributed by atoms with van der Waals surface area (Å²) in [5.41, 5.74) is 3.74. The van der Waals surface area contributed by atoms with Crippen LogP contribution in [0.4, 0.5) is 0 Å². The van der Waals surface area contributed by atoms with E-state index in [1.54, 1.807) is 0 Å². The lowest BCUT2D eigenvalue weighted by Crippen LogP contribution is -2.23. The van der Waals surface area contributed by atoms with Crippen LogP contribution in [-0.2, 0) is 6.42 Å². The summed E-state index contributed by atoms with van der Waals surface area (Å²) >= 11 is 12.2. The van der Waals surface area contributed by atoms with Gasteiger partial charge in [0.05, 0.1) is 16.1 Å². The summed E-state index contributed by atoms with van der Waals surface area (Å²) in [7, 11) is 0. The van der Waals surface area contributed by atoms with Gasteiger partial charge in [-0.1, -0.05) is 67.4 Å². The van der Waals surface area contributed by atoms with E-state index < -0.39 is 0 Å². The third-order valence-electron chi connectivity index (χ3n) is 3.60. The number of rotatable bonds is 6. The van der Waals surface area contributed by atoms with Crippen LogP contribution in [0.3, 0.4) is 0 Å². The lowest BCUT2D eigenvalue weighted by Gasteiger charge is -2.20.